The van der Waals surface area contributed by atoms with E-state index >= 15 is 0 Å². The Morgan fingerprint density at radius 1 is 1.16 bits per heavy atom. The number of para-hydroxylation sites is 1. The maximum absolute atomic E-state index is 13.5. The van der Waals surface area contributed by atoms with Crippen LogP contribution < -0.4 is 5.56 Å². The number of nitrogens with zero attached hydrogens (tertiary/aromatic N) is 3. The lowest BCUT2D eigenvalue weighted by Gasteiger charge is -2.30. The Balaban J connectivity index is 1.83. The van der Waals surface area contributed by atoms with Gasteiger partial charge in [0, 0.05) is 16.6 Å². The van der Waals surface area contributed by atoms with Gasteiger partial charge in [0.15, 0.2) is 0 Å². The second kappa shape index (κ2) is 8.89. The van der Waals surface area contributed by atoms with E-state index in [9.17, 15) is 9.59 Å². The quantitative estimate of drug-likeness (QED) is 0.382. The summed E-state index contributed by atoms with van der Waals surface area (Å²) >= 11 is 3.43. The maximum atomic E-state index is 13.5. The summed E-state index contributed by atoms with van der Waals surface area (Å²) in [5.41, 5.74) is 1.05. The molecular formula is C24H22BrN3O3. The molecule has 0 saturated carbocycles. The highest BCUT2D eigenvalue weighted by atomic mass is 79.9. The summed E-state index contributed by atoms with van der Waals surface area (Å²) in [5, 5.41) is 0.566. The Hall–Kier alpha value is -3.19. The molecule has 31 heavy (non-hydrogen) atoms. The molecule has 0 bridgehead atoms. The van der Waals surface area contributed by atoms with Crippen molar-refractivity contribution in [2.24, 2.45) is 0 Å². The zero-order valence-electron chi connectivity index (χ0n) is 17.3. The van der Waals surface area contributed by atoms with Crippen LogP contribution in [0.1, 0.15) is 41.8 Å². The van der Waals surface area contributed by atoms with Gasteiger partial charge in [0.1, 0.15) is 11.6 Å². The van der Waals surface area contributed by atoms with Gasteiger partial charge in [-0.05, 0) is 56.3 Å². The molecule has 7 heteroatoms. The molecule has 2 aromatic carbocycles. The number of benzene rings is 2. The van der Waals surface area contributed by atoms with Crippen LogP contribution in [-0.4, -0.2) is 20.4 Å². The molecule has 0 N–H and O–H groups in total. The average Bonchev–Trinajstić information content (AvgIpc) is 3.30. The molecule has 0 aliphatic rings. The smallest absolute Gasteiger partial charge is 0.261 e. The fourth-order valence-electron chi connectivity index (χ4n) is 3.69. The molecule has 1 unspecified atom stereocenters. The van der Waals surface area contributed by atoms with Crippen LogP contribution in [0.25, 0.3) is 10.9 Å². The van der Waals surface area contributed by atoms with E-state index in [1.54, 1.807) is 40.0 Å². The topological polar surface area (TPSA) is 68.3 Å². The SMILES string of the molecule is CCn1c(C(C)N(Cc2ccco2)C(=O)c2cccc(Br)c2)nc2ccccc2c1=O. The van der Waals surface area contributed by atoms with Gasteiger partial charge in [-0.2, -0.15) is 0 Å². The van der Waals surface area contributed by atoms with Crippen LogP contribution >= 0.6 is 15.9 Å². The Morgan fingerprint density at radius 2 is 1.97 bits per heavy atom. The van der Waals surface area contributed by atoms with Crippen LogP contribution in [0.15, 0.2) is 80.6 Å². The van der Waals surface area contributed by atoms with Crippen molar-refractivity contribution in [2.45, 2.75) is 33.0 Å². The largest absolute Gasteiger partial charge is 0.467 e. The molecule has 0 spiro atoms. The molecule has 1 amide bonds. The lowest BCUT2D eigenvalue weighted by molar-refractivity contribution is 0.0646. The number of halogens is 1. The van der Waals surface area contributed by atoms with Crippen LogP contribution in [-0.2, 0) is 13.1 Å². The number of aromatic nitrogens is 2. The van der Waals surface area contributed by atoms with Crippen LogP contribution in [0.4, 0.5) is 0 Å². The van der Waals surface area contributed by atoms with Crippen LogP contribution in [0.5, 0.6) is 0 Å². The van der Waals surface area contributed by atoms with Crippen molar-refractivity contribution in [3.8, 4) is 0 Å². The van der Waals surface area contributed by atoms with Crippen LogP contribution in [0.2, 0.25) is 0 Å². The van der Waals surface area contributed by atoms with Crippen molar-refractivity contribution >= 4 is 32.7 Å². The summed E-state index contributed by atoms with van der Waals surface area (Å²) < 4.78 is 7.97. The summed E-state index contributed by atoms with van der Waals surface area (Å²) in [6, 6.07) is 17.7. The van der Waals surface area contributed by atoms with E-state index in [-0.39, 0.29) is 18.0 Å². The summed E-state index contributed by atoms with van der Waals surface area (Å²) in [6.07, 6.45) is 1.58. The lowest BCUT2D eigenvalue weighted by Crippen LogP contribution is -2.37. The summed E-state index contributed by atoms with van der Waals surface area (Å²) in [7, 11) is 0. The molecule has 0 radical (unpaired) electrons. The fourth-order valence-corrected chi connectivity index (χ4v) is 4.09. The van der Waals surface area contributed by atoms with E-state index in [0.717, 1.165) is 4.47 Å². The average molecular weight is 480 g/mol. The Bertz CT molecular complexity index is 1280. The second-order valence-electron chi connectivity index (χ2n) is 7.24. The fraction of sp³-hybridized carbons (Fsp3) is 0.208. The van der Waals surface area contributed by atoms with Crippen LogP contribution in [0, 0.1) is 0 Å². The van der Waals surface area contributed by atoms with Crippen molar-refractivity contribution in [1.82, 2.24) is 14.5 Å². The molecule has 0 saturated heterocycles. The Kier molecular flexibility index (Phi) is 6.04. The minimum Gasteiger partial charge on any atom is -0.467 e. The third kappa shape index (κ3) is 4.18. The van der Waals surface area contributed by atoms with Gasteiger partial charge in [0.25, 0.3) is 11.5 Å². The van der Waals surface area contributed by atoms with Gasteiger partial charge in [-0.3, -0.25) is 14.2 Å². The Labute approximate surface area is 188 Å². The normalized spacial score (nSPS) is 12.1. The third-order valence-electron chi connectivity index (χ3n) is 5.29. The number of hydrogen-bond donors (Lipinski definition) is 0. The van der Waals surface area contributed by atoms with Crippen molar-refractivity contribution in [2.75, 3.05) is 0 Å². The Morgan fingerprint density at radius 3 is 2.68 bits per heavy atom. The van der Waals surface area contributed by atoms with Gasteiger partial charge in [-0.1, -0.05) is 34.1 Å². The van der Waals surface area contributed by atoms with E-state index in [2.05, 4.69) is 15.9 Å². The summed E-state index contributed by atoms with van der Waals surface area (Å²) in [5.74, 6) is 1.03. The molecule has 4 aromatic rings. The maximum Gasteiger partial charge on any atom is 0.261 e. The number of amides is 1. The summed E-state index contributed by atoms with van der Waals surface area (Å²) in [6.45, 7) is 4.50. The predicted molar refractivity (Wildman–Crippen MR) is 123 cm³/mol. The molecule has 4 rings (SSSR count). The first-order chi connectivity index (χ1) is 15.0. The molecule has 6 nitrogen and oxygen atoms in total. The minimum atomic E-state index is -0.464. The molecule has 2 aromatic heterocycles. The van der Waals surface area contributed by atoms with Crippen molar-refractivity contribution < 1.29 is 9.21 Å². The standard InChI is InChI=1S/C24H22BrN3O3/c1-3-27-22(26-21-12-5-4-11-20(21)24(27)30)16(2)28(15-19-10-7-13-31-19)23(29)17-8-6-9-18(25)14-17/h4-14,16H,3,15H2,1-2H3. The van der Waals surface area contributed by atoms with Crippen molar-refractivity contribution in [3.63, 3.8) is 0 Å². The molecule has 0 fully saturated rings. The second-order valence-corrected chi connectivity index (χ2v) is 8.15. The van der Waals surface area contributed by atoms with Crippen molar-refractivity contribution in [1.29, 1.82) is 0 Å². The highest BCUT2D eigenvalue weighted by molar-refractivity contribution is 9.10. The number of carbonyl (C=O) groups is 1. The highest BCUT2D eigenvalue weighted by Crippen LogP contribution is 2.25. The van der Waals surface area contributed by atoms with E-state index in [0.29, 0.717) is 34.6 Å². The van der Waals surface area contributed by atoms with Gasteiger partial charge in [0.2, 0.25) is 0 Å². The van der Waals surface area contributed by atoms with Gasteiger partial charge in [-0.25, -0.2) is 4.98 Å². The van der Waals surface area contributed by atoms with E-state index < -0.39 is 6.04 Å². The number of rotatable bonds is 6. The monoisotopic (exact) mass is 479 g/mol. The highest BCUT2D eigenvalue weighted by Gasteiger charge is 2.28. The first-order valence-electron chi connectivity index (χ1n) is 10.1. The van der Waals surface area contributed by atoms with E-state index in [4.69, 9.17) is 9.40 Å². The first kappa shape index (κ1) is 21.1. The predicted octanol–water partition coefficient (Wildman–Crippen LogP) is 5.18. The van der Waals surface area contributed by atoms with E-state index in [1.807, 2.05) is 50.2 Å². The minimum absolute atomic E-state index is 0.109. The molecule has 1 atom stereocenters. The van der Waals surface area contributed by atoms with Gasteiger partial charge in [0.05, 0.1) is 29.8 Å². The van der Waals surface area contributed by atoms with Crippen molar-refractivity contribution in [3.05, 3.63) is 98.9 Å². The van der Waals surface area contributed by atoms with Gasteiger partial charge < -0.3 is 9.32 Å². The molecule has 158 valence electrons. The van der Waals surface area contributed by atoms with E-state index in [1.165, 1.54) is 0 Å². The van der Waals surface area contributed by atoms with Gasteiger partial charge >= 0.3 is 0 Å². The first-order valence-corrected chi connectivity index (χ1v) is 10.9. The summed E-state index contributed by atoms with van der Waals surface area (Å²) in [4.78, 5) is 33.1. The molecular weight excluding hydrogens is 458 g/mol. The number of furan rings is 1. The molecule has 0 aliphatic heterocycles. The zero-order valence-corrected chi connectivity index (χ0v) is 18.9. The lowest BCUT2D eigenvalue weighted by atomic mass is 10.1. The molecule has 0 aliphatic carbocycles. The zero-order chi connectivity index (χ0) is 22.0. The van der Waals surface area contributed by atoms with Gasteiger partial charge in [-0.15, -0.1) is 0 Å². The van der Waals surface area contributed by atoms with Crippen LogP contribution in [0.3, 0.4) is 0 Å². The third-order valence-corrected chi connectivity index (χ3v) is 5.78. The molecule has 2 heterocycles. The number of hydrogen-bond acceptors (Lipinski definition) is 4. The number of fused-ring (bicyclic) bond motifs is 1. The number of carbonyl (C=O) groups excluding carboxylic acids is 1.